The van der Waals surface area contributed by atoms with E-state index in [-0.39, 0.29) is 34.6 Å². The number of aliphatic imine (C=N–C) groups is 1. The van der Waals surface area contributed by atoms with Crippen molar-refractivity contribution < 1.29 is 13.2 Å². The van der Waals surface area contributed by atoms with Gasteiger partial charge in [0.1, 0.15) is 0 Å². The van der Waals surface area contributed by atoms with Gasteiger partial charge in [0.15, 0.2) is 15.0 Å². The van der Waals surface area contributed by atoms with Gasteiger partial charge in [-0.25, -0.2) is 8.42 Å². The third-order valence-electron chi connectivity index (χ3n) is 4.98. The van der Waals surface area contributed by atoms with Crippen molar-refractivity contribution >= 4 is 38.4 Å². The molecule has 2 atom stereocenters. The molecule has 0 aromatic heterocycles. The zero-order valence-corrected chi connectivity index (χ0v) is 16.4. The smallest absolute Gasteiger partial charge is 0.251 e. The van der Waals surface area contributed by atoms with E-state index in [4.69, 9.17) is 0 Å². The second-order valence-electron chi connectivity index (χ2n) is 6.70. The van der Waals surface area contributed by atoms with Crippen LogP contribution in [0.2, 0.25) is 0 Å². The number of thioether (sulfide) groups is 1. The summed E-state index contributed by atoms with van der Waals surface area (Å²) in [5.74, 6) is 0.102. The SMILES string of the molecule is CCC(CC)C(=O)N=C1S[C@@H]2CS(=O)(=O)C[C@@H]2N1c1ccccc1C. The third-order valence-corrected chi connectivity index (χ3v) is 8.19. The number of amides is 1. The Morgan fingerprint density at radius 2 is 1.96 bits per heavy atom. The van der Waals surface area contributed by atoms with Gasteiger partial charge >= 0.3 is 0 Å². The maximum Gasteiger partial charge on any atom is 0.251 e. The highest BCUT2D eigenvalue weighted by Crippen LogP contribution is 2.42. The van der Waals surface area contributed by atoms with Crippen molar-refractivity contribution in [2.45, 2.75) is 44.9 Å². The lowest BCUT2D eigenvalue weighted by Gasteiger charge is -2.26. The fourth-order valence-electron chi connectivity index (χ4n) is 3.50. The number of para-hydroxylation sites is 1. The minimum absolute atomic E-state index is 0.0575. The standard InChI is InChI=1S/C18H24N2O3S2/c1-4-13(5-2)17(21)19-18-20(14-9-7-6-8-12(14)3)15-10-25(22,23)11-16(15)24-18/h6-9,13,15-16H,4-5,10-11H2,1-3H3/t15-,16+/m0/s1. The zero-order valence-electron chi connectivity index (χ0n) is 14.8. The van der Waals surface area contributed by atoms with E-state index in [0.29, 0.717) is 5.17 Å². The predicted molar refractivity (Wildman–Crippen MR) is 104 cm³/mol. The molecular formula is C18H24N2O3S2. The molecule has 3 rings (SSSR count). The monoisotopic (exact) mass is 380 g/mol. The molecule has 25 heavy (non-hydrogen) atoms. The number of sulfone groups is 1. The second-order valence-corrected chi connectivity index (χ2v) is 10.1. The van der Waals surface area contributed by atoms with Gasteiger partial charge in [0.05, 0.1) is 17.5 Å². The van der Waals surface area contributed by atoms with Gasteiger partial charge in [0.25, 0.3) is 5.91 Å². The number of hydrogen-bond acceptors (Lipinski definition) is 4. The molecule has 0 spiro atoms. The van der Waals surface area contributed by atoms with E-state index in [2.05, 4.69) is 4.99 Å². The molecule has 136 valence electrons. The summed E-state index contributed by atoms with van der Waals surface area (Å²) in [6, 6.07) is 7.71. The summed E-state index contributed by atoms with van der Waals surface area (Å²) < 4.78 is 24.2. The average molecular weight is 381 g/mol. The number of aryl methyl sites for hydroxylation is 1. The maximum absolute atomic E-state index is 12.5. The van der Waals surface area contributed by atoms with Crippen molar-refractivity contribution in [1.82, 2.24) is 0 Å². The number of anilines is 1. The summed E-state index contributed by atoms with van der Waals surface area (Å²) in [6.45, 7) is 5.99. The van der Waals surface area contributed by atoms with Crippen molar-refractivity contribution in [3.63, 3.8) is 0 Å². The van der Waals surface area contributed by atoms with Crippen LogP contribution < -0.4 is 4.90 Å². The molecule has 0 bridgehead atoms. The van der Waals surface area contributed by atoms with E-state index >= 15 is 0 Å². The third kappa shape index (κ3) is 3.62. The largest absolute Gasteiger partial charge is 0.315 e. The normalized spacial score (nSPS) is 26.4. The van der Waals surface area contributed by atoms with E-state index < -0.39 is 9.84 Å². The van der Waals surface area contributed by atoms with Crippen molar-refractivity contribution in [3.8, 4) is 0 Å². The lowest BCUT2D eigenvalue weighted by molar-refractivity contribution is -0.121. The Labute approximate surface area is 153 Å². The number of hydrogen-bond donors (Lipinski definition) is 0. The topological polar surface area (TPSA) is 66.8 Å². The number of rotatable bonds is 4. The van der Waals surface area contributed by atoms with Crippen LogP contribution in [0, 0.1) is 12.8 Å². The molecule has 2 fully saturated rings. The molecule has 1 amide bonds. The Kier molecular flexibility index (Phi) is 5.25. The van der Waals surface area contributed by atoms with Gasteiger partial charge in [-0.05, 0) is 31.4 Å². The van der Waals surface area contributed by atoms with E-state index in [1.54, 1.807) is 0 Å². The van der Waals surface area contributed by atoms with Crippen LogP contribution in [0.3, 0.4) is 0 Å². The minimum atomic E-state index is -3.04. The lowest BCUT2D eigenvalue weighted by Crippen LogP contribution is -2.38. The highest BCUT2D eigenvalue weighted by molar-refractivity contribution is 8.16. The van der Waals surface area contributed by atoms with Gasteiger partial charge in [-0.1, -0.05) is 43.8 Å². The average Bonchev–Trinajstić information content (AvgIpc) is 3.00. The molecule has 0 N–H and O–H groups in total. The summed E-state index contributed by atoms with van der Waals surface area (Å²) in [5, 5.41) is 0.592. The first-order chi connectivity index (χ1) is 11.9. The first-order valence-electron chi connectivity index (χ1n) is 8.70. The zero-order chi connectivity index (χ0) is 18.2. The van der Waals surface area contributed by atoms with Crippen LogP contribution in [0.15, 0.2) is 29.3 Å². The maximum atomic E-state index is 12.5. The van der Waals surface area contributed by atoms with Crippen LogP contribution in [0.1, 0.15) is 32.3 Å². The molecule has 1 aromatic carbocycles. The molecule has 1 aromatic rings. The van der Waals surface area contributed by atoms with E-state index in [9.17, 15) is 13.2 Å². The number of benzene rings is 1. The molecule has 2 heterocycles. The van der Waals surface area contributed by atoms with E-state index in [1.165, 1.54) is 11.8 Å². The number of carbonyl (C=O) groups is 1. The van der Waals surface area contributed by atoms with Crippen molar-refractivity contribution in [1.29, 1.82) is 0 Å². The highest BCUT2D eigenvalue weighted by Gasteiger charge is 2.49. The molecule has 0 aliphatic carbocycles. The van der Waals surface area contributed by atoms with Crippen molar-refractivity contribution in [2.24, 2.45) is 10.9 Å². The molecule has 7 heteroatoms. The quantitative estimate of drug-likeness (QED) is 0.803. The van der Waals surface area contributed by atoms with Crippen LogP contribution >= 0.6 is 11.8 Å². The van der Waals surface area contributed by atoms with Gasteiger partial charge < -0.3 is 4.90 Å². The molecule has 2 aliphatic heterocycles. The molecule has 0 radical (unpaired) electrons. The highest BCUT2D eigenvalue weighted by atomic mass is 32.2. The summed E-state index contributed by atoms with van der Waals surface area (Å²) in [6.07, 6.45) is 1.53. The van der Waals surface area contributed by atoms with Crippen molar-refractivity contribution in [3.05, 3.63) is 29.8 Å². The van der Waals surface area contributed by atoms with Crippen LogP contribution in [-0.2, 0) is 14.6 Å². The Morgan fingerprint density at radius 1 is 1.28 bits per heavy atom. The van der Waals surface area contributed by atoms with Gasteiger partial charge in [-0.2, -0.15) is 4.99 Å². The van der Waals surface area contributed by atoms with Crippen LogP contribution in [-0.4, -0.2) is 42.3 Å². The fourth-order valence-corrected chi connectivity index (χ4v) is 7.42. The van der Waals surface area contributed by atoms with E-state index in [1.807, 2.05) is 49.9 Å². The molecule has 0 saturated carbocycles. The first-order valence-corrected chi connectivity index (χ1v) is 11.4. The predicted octanol–water partition coefficient (Wildman–Crippen LogP) is 3.03. The summed E-state index contributed by atoms with van der Waals surface area (Å²) >= 11 is 1.44. The Morgan fingerprint density at radius 3 is 2.60 bits per heavy atom. The fraction of sp³-hybridized carbons (Fsp3) is 0.556. The van der Waals surface area contributed by atoms with Gasteiger partial charge in [0.2, 0.25) is 0 Å². The van der Waals surface area contributed by atoms with Crippen LogP contribution in [0.25, 0.3) is 0 Å². The second kappa shape index (κ2) is 7.11. The van der Waals surface area contributed by atoms with E-state index in [0.717, 1.165) is 24.1 Å². The number of nitrogens with zero attached hydrogens (tertiary/aromatic N) is 2. The first kappa shape index (κ1) is 18.5. The number of carbonyl (C=O) groups excluding carboxylic acids is 1. The molecule has 2 saturated heterocycles. The van der Waals surface area contributed by atoms with Gasteiger partial charge in [-0.15, -0.1) is 0 Å². The summed E-state index contributed by atoms with van der Waals surface area (Å²) in [5.41, 5.74) is 1.99. The Bertz CT molecular complexity index is 800. The minimum Gasteiger partial charge on any atom is -0.315 e. The van der Waals surface area contributed by atoms with Gasteiger partial charge in [0, 0.05) is 16.9 Å². The lowest BCUT2D eigenvalue weighted by atomic mass is 10.0. The Balaban J connectivity index is 2.01. The molecule has 0 unspecified atom stereocenters. The summed E-state index contributed by atoms with van der Waals surface area (Å²) in [4.78, 5) is 18.9. The van der Waals surface area contributed by atoms with Crippen LogP contribution in [0.5, 0.6) is 0 Å². The number of amidine groups is 1. The number of fused-ring (bicyclic) bond motifs is 1. The van der Waals surface area contributed by atoms with Crippen molar-refractivity contribution in [2.75, 3.05) is 16.4 Å². The summed E-state index contributed by atoms with van der Waals surface area (Å²) in [7, 11) is -3.04. The molecule has 5 nitrogen and oxygen atoms in total. The van der Waals surface area contributed by atoms with Gasteiger partial charge in [-0.3, -0.25) is 4.79 Å². The Hall–Kier alpha value is -1.34. The van der Waals surface area contributed by atoms with Crippen LogP contribution in [0.4, 0.5) is 5.69 Å². The molecular weight excluding hydrogens is 356 g/mol. The molecule has 2 aliphatic rings.